The number of hydrogen-bond donors (Lipinski definition) is 0. The zero-order valence-corrected chi connectivity index (χ0v) is 7.50. The largest absolute Gasteiger partial charge is 0.349 e. The lowest BCUT2D eigenvalue weighted by Crippen LogP contribution is -2.32. The zero-order chi connectivity index (χ0) is 9.19. The van der Waals surface area contributed by atoms with Crippen LogP contribution in [-0.2, 0) is 14.3 Å². The fourth-order valence-electron chi connectivity index (χ4n) is 1.08. The molecule has 1 aliphatic rings. The lowest BCUT2D eigenvalue weighted by atomic mass is 9.85. The van der Waals surface area contributed by atoms with Crippen LogP contribution in [0.5, 0.6) is 0 Å². The minimum absolute atomic E-state index is 0.324. The van der Waals surface area contributed by atoms with Crippen LogP contribution in [0.3, 0.4) is 0 Å². The van der Waals surface area contributed by atoms with Gasteiger partial charge < -0.3 is 9.47 Å². The van der Waals surface area contributed by atoms with Crippen molar-refractivity contribution in [2.24, 2.45) is 5.41 Å². The molecule has 0 atom stereocenters. The van der Waals surface area contributed by atoms with Crippen molar-refractivity contribution >= 4 is 6.29 Å². The first-order valence-electron chi connectivity index (χ1n) is 3.97. The molecule has 0 radical (unpaired) electrons. The maximum absolute atomic E-state index is 10.5. The monoisotopic (exact) mass is 170 g/mol. The normalized spacial score (nSPS) is 19.5. The van der Waals surface area contributed by atoms with E-state index in [2.05, 4.69) is 6.58 Å². The highest BCUT2D eigenvalue weighted by atomic mass is 16.7. The predicted molar refractivity (Wildman–Crippen MR) is 44.7 cm³/mol. The molecule has 0 N–H and O–H groups in total. The van der Waals surface area contributed by atoms with Crippen LogP contribution in [0.15, 0.2) is 12.2 Å². The van der Waals surface area contributed by atoms with E-state index >= 15 is 0 Å². The van der Waals surface area contributed by atoms with Gasteiger partial charge in [0.1, 0.15) is 6.29 Å². The first kappa shape index (κ1) is 9.42. The molecule has 1 heterocycles. The summed E-state index contributed by atoms with van der Waals surface area (Å²) in [5.41, 5.74) is 0.0903. The van der Waals surface area contributed by atoms with Crippen molar-refractivity contribution in [3.63, 3.8) is 0 Å². The third-order valence-electron chi connectivity index (χ3n) is 2.18. The van der Waals surface area contributed by atoms with Gasteiger partial charge in [-0.25, -0.2) is 0 Å². The van der Waals surface area contributed by atoms with Gasteiger partial charge in [0.05, 0.1) is 13.2 Å². The maximum atomic E-state index is 10.5. The molecule has 68 valence electrons. The minimum Gasteiger partial charge on any atom is -0.349 e. The number of hydrogen-bond acceptors (Lipinski definition) is 3. The molecule has 1 aliphatic heterocycles. The van der Waals surface area contributed by atoms with Gasteiger partial charge in [0.15, 0.2) is 6.29 Å². The van der Waals surface area contributed by atoms with E-state index in [1.54, 1.807) is 0 Å². The second-order valence-electron chi connectivity index (χ2n) is 3.44. The van der Waals surface area contributed by atoms with Crippen LogP contribution in [0.4, 0.5) is 0 Å². The van der Waals surface area contributed by atoms with Gasteiger partial charge in [-0.1, -0.05) is 20.4 Å². The van der Waals surface area contributed by atoms with E-state index in [0.29, 0.717) is 18.8 Å². The molecule has 3 heteroatoms. The second kappa shape index (κ2) is 3.37. The topological polar surface area (TPSA) is 35.5 Å². The zero-order valence-electron chi connectivity index (χ0n) is 7.50. The number of ether oxygens (including phenoxy) is 2. The van der Waals surface area contributed by atoms with Crippen molar-refractivity contribution in [2.75, 3.05) is 13.2 Å². The summed E-state index contributed by atoms with van der Waals surface area (Å²) in [7, 11) is 0. The van der Waals surface area contributed by atoms with Gasteiger partial charge in [0.25, 0.3) is 0 Å². The first-order valence-corrected chi connectivity index (χ1v) is 3.97. The van der Waals surface area contributed by atoms with Crippen LogP contribution < -0.4 is 0 Å². The molecule has 0 amide bonds. The number of carbonyl (C=O) groups is 1. The van der Waals surface area contributed by atoms with Crippen molar-refractivity contribution in [1.82, 2.24) is 0 Å². The Kier molecular flexibility index (Phi) is 2.65. The van der Waals surface area contributed by atoms with E-state index < -0.39 is 5.41 Å². The Morgan fingerprint density at radius 2 is 2.00 bits per heavy atom. The van der Waals surface area contributed by atoms with Gasteiger partial charge in [-0.2, -0.15) is 0 Å². The van der Waals surface area contributed by atoms with Gasteiger partial charge in [0, 0.05) is 5.41 Å². The smallest absolute Gasteiger partial charge is 0.166 e. The molecule has 0 aromatic rings. The predicted octanol–water partition coefficient (Wildman–Crippen LogP) is 1.14. The summed E-state index contributed by atoms with van der Waals surface area (Å²) in [5.74, 6) is 0. The fourth-order valence-corrected chi connectivity index (χ4v) is 1.08. The van der Waals surface area contributed by atoms with E-state index in [1.165, 1.54) is 0 Å². The van der Waals surface area contributed by atoms with E-state index in [-0.39, 0.29) is 6.29 Å². The Bertz CT molecular complexity index is 190. The number of carbonyl (C=O) groups excluding carboxylic acids is 1. The molecule has 12 heavy (non-hydrogen) atoms. The molecule has 0 aromatic heterocycles. The van der Waals surface area contributed by atoms with Gasteiger partial charge in [-0.3, -0.25) is 4.79 Å². The summed E-state index contributed by atoms with van der Waals surface area (Å²) in [4.78, 5) is 10.5. The summed E-state index contributed by atoms with van der Waals surface area (Å²) < 4.78 is 10.6. The highest BCUT2D eigenvalue weighted by Crippen LogP contribution is 2.32. The first-order chi connectivity index (χ1) is 5.59. The summed E-state index contributed by atoms with van der Waals surface area (Å²) in [6.45, 7) is 8.63. The van der Waals surface area contributed by atoms with E-state index in [1.807, 2.05) is 13.8 Å². The molecule has 0 bridgehead atoms. The van der Waals surface area contributed by atoms with Crippen molar-refractivity contribution in [3.8, 4) is 0 Å². The Morgan fingerprint density at radius 1 is 1.50 bits per heavy atom. The lowest BCUT2D eigenvalue weighted by Gasteiger charge is -2.29. The van der Waals surface area contributed by atoms with Gasteiger partial charge in [-0.05, 0) is 5.57 Å². The highest BCUT2D eigenvalue weighted by Gasteiger charge is 2.36. The molecule has 0 aliphatic carbocycles. The van der Waals surface area contributed by atoms with Crippen LogP contribution in [0, 0.1) is 5.41 Å². The Balaban J connectivity index is 2.68. The molecule has 0 spiro atoms. The number of aldehydes is 1. The lowest BCUT2D eigenvalue weighted by molar-refractivity contribution is -0.118. The summed E-state index contributed by atoms with van der Waals surface area (Å²) >= 11 is 0. The van der Waals surface area contributed by atoms with Gasteiger partial charge in [0.2, 0.25) is 0 Å². The number of rotatable bonds is 3. The minimum atomic E-state index is -0.418. The van der Waals surface area contributed by atoms with Crippen LogP contribution in [0.1, 0.15) is 13.8 Å². The van der Waals surface area contributed by atoms with Crippen LogP contribution in [-0.4, -0.2) is 25.8 Å². The van der Waals surface area contributed by atoms with Gasteiger partial charge in [-0.15, -0.1) is 0 Å². The quantitative estimate of drug-likeness (QED) is 0.470. The van der Waals surface area contributed by atoms with Crippen molar-refractivity contribution < 1.29 is 14.3 Å². The second-order valence-corrected chi connectivity index (χ2v) is 3.44. The van der Waals surface area contributed by atoms with E-state index in [0.717, 1.165) is 6.29 Å². The standard InChI is InChI=1S/C9H14O3/c1-7(6-10)9(2,3)8-11-4-5-12-8/h6,8H,1,4-5H2,2-3H3. The Morgan fingerprint density at radius 3 is 2.42 bits per heavy atom. The van der Waals surface area contributed by atoms with Gasteiger partial charge >= 0.3 is 0 Å². The Hall–Kier alpha value is -0.670. The third kappa shape index (κ3) is 1.57. The van der Waals surface area contributed by atoms with Crippen molar-refractivity contribution in [3.05, 3.63) is 12.2 Å². The average Bonchev–Trinajstić information content (AvgIpc) is 2.55. The maximum Gasteiger partial charge on any atom is 0.166 e. The molecular weight excluding hydrogens is 156 g/mol. The van der Waals surface area contributed by atoms with Crippen molar-refractivity contribution in [1.29, 1.82) is 0 Å². The Labute approximate surface area is 72.4 Å². The molecule has 1 fully saturated rings. The molecule has 1 saturated heterocycles. The summed E-state index contributed by atoms with van der Waals surface area (Å²) in [6, 6.07) is 0. The molecule has 0 aromatic carbocycles. The van der Waals surface area contributed by atoms with E-state index in [4.69, 9.17) is 9.47 Å². The van der Waals surface area contributed by atoms with Crippen LogP contribution in [0.25, 0.3) is 0 Å². The van der Waals surface area contributed by atoms with Crippen molar-refractivity contribution in [2.45, 2.75) is 20.1 Å². The van der Waals surface area contributed by atoms with E-state index in [9.17, 15) is 4.79 Å². The van der Waals surface area contributed by atoms with Crippen LogP contribution >= 0.6 is 0 Å². The van der Waals surface area contributed by atoms with Crippen LogP contribution in [0.2, 0.25) is 0 Å². The molecule has 3 nitrogen and oxygen atoms in total. The fraction of sp³-hybridized carbons (Fsp3) is 0.667. The molecule has 1 rings (SSSR count). The highest BCUT2D eigenvalue weighted by molar-refractivity contribution is 5.74. The molecular formula is C9H14O3. The summed E-state index contributed by atoms with van der Waals surface area (Å²) in [5, 5.41) is 0. The SMILES string of the molecule is C=C(C=O)C(C)(C)C1OCCO1. The summed E-state index contributed by atoms with van der Waals surface area (Å²) in [6.07, 6.45) is 0.431. The molecule has 0 saturated carbocycles. The molecule has 0 unspecified atom stereocenters. The third-order valence-corrected chi connectivity index (χ3v) is 2.18. The average molecular weight is 170 g/mol.